The first-order valence-corrected chi connectivity index (χ1v) is 7.04. The summed E-state index contributed by atoms with van der Waals surface area (Å²) in [5, 5.41) is 6.45. The van der Waals surface area contributed by atoms with Crippen LogP contribution in [-0.2, 0) is 6.54 Å². The first kappa shape index (κ1) is 13.5. The van der Waals surface area contributed by atoms with Crippen molar-refractivity contribution in [2.45, 2.75) is 19.9 Å². The molecule has 0 radical (unpaired) electrons. The standard InChI is InChI=1S/C15H18N4O2/c1-2-6-16-14-5-7-17-15(19-14)18-9-11-3-4-12-13(8-11)21-10-20-12/h3-5,7-8H,2,6,9-10H2,1H3,(H2,16,17,18,19). The Balaban J connectivity index is 1.62. The molecule has 0 atom stereocenters. The third-order valence-electron chi connectivity index (χ3n) is 3.10. The summed E-state index contributed by atoms with van der Waals surface area (Å²) in [7, 11) is 0. The Morgan fingerprint density at radius 2 is 2.05 bits per heavy atom. The van der Waals surface area contributed by atoms with E-state index >= 15 is 0 Å². The minimum Gasteiger partial charge on any atom is -0.454 e. The summed E-state index contributed by atoms with van der Waals surface area (Å²) in [6, 6.07) is 7.75. The molecule has 0 unspecified atom stereocenters. The highest BCUT2D eigenvalue weighted by atomic mass is 16.7. The Morgan fingerprint density at radius 3 is 2.95 bits per heavy atom. The fraction of sp³-hybridized carbons (Fsp3) is 0.333. The van der Waals surface area contributed by atoms with Gasteiger partial charge in [-0.05, 0) is 30.2 Å². The van der Waals surface area contributed by atoms with E-state index in [-0.39, 0.29) is 0 Å². The zero-order valence-electron chi connectivity index (χ0n) is 11.9. The fourth-order valence-corrected chi connectivity index (χ4v) is 2.03. The molecule has 6 nitrogen and oxygen atoms in total. The fourth-order valence-electron chi connectivity index (χ4n) is 2.03. The Bertz CT molecular complexity index is 618. The molecule has 0 saturated heterocycles. The van der Waals surface area contributed by atoms with E-state index in [0.717, 1.165) is 35.8 Å². The number of nitrogens with zero attached hydrogens (tertiary/aromatic N) is 2. The second-order valence-electron chi connectivity index (χ2n) is 4.73. The molecule has 2 heterocycles. The number of aromatic nitrogens is 2. The van der Waals surface area contributed by atoms with Crippen LogP contribution in [0.1, 0.15) is 18.9 Å². The highest BCUT2D eigenvalue weighted by Gasteiger charge is 2.13. The number of ether oxygens (including phenoxy) is 2. The lowest BCUT2D eigenvalue weighted by molar-refractivity contribution is 0.174. The predicted molar refractivity (Wildman–Crippen MR) is 80.7 cm³/mol. The monoisotopic (exact) mass is 286 g/mol. The van der Waals surface area contributed by atoms with Gasteiger partial charge in [0, 0.05) is 19.3 Å². The van der Waals surface area contributed by atoms with Crippen LogP contribution in [0.4, 0.5) is 11.8 Å². The van der Waals surface area contributed by atoms with Gasteiger partial charge in [-0.3, -0.25) is 0 Å². The van der Waals surface area contributed by atoms with E-state index in [1.165, 1.54) is 0 Å². The average molecular weight is 286 g/mol. The quantitative estimate of drug-likeness (QED) is 0.851. The Morgan fingerprint density at radius 1 is 1.14 bits per heavy atom. The van der Waals surface area contributed by atoms with E-state index in [1.54, 1.807) is 6.20 Å². The molecule has 0 fully saturated rings. The van der Waals surface area contributed by atoms with Gasteiger partial charge in [-0.25, -0.2) is 4.98 Å². The van der Waals surface area contributed by atoms with Crippen molar-refractivity contribution in [3.05, 3.63) is 36.0 Å². The molecule has 2 N–H and O–H groups in total. The van der Waals surface area contributed by atoms with Crippen molar-refractivity contribution in [1.29, 1.82) is 0 Å². The molecule has 0 amide bonds. The number of anilines is 2. The molecule has 0 bridgehead atoms. The maximum Gasteiger partial charge on any atom is 0.231 e. The second kappa shape index (κ2) is 6.30. The Hall–Kier alpha value is -2.50. The zero-order valence-corrected chi connectivity index (χ0v) is 11.9. The summed E-state index contributed by atoms with van der Waals surface area (Å²) >= 11 is 0. The second-order valence-corrected chi connectivity index (χ2v) is 4.73. The molecule has 3 rings (SSSR count). The SMILES string of the molecule is CCCNc1ccnc(NCc2ccc3c(c2)OCO3)n1. The van der Waals surface area contributed by atoms with Crippen LogP contribution in [0, 0.1) is 0 Å². The Labute approximate surface area is 123 Å². The topological polar surface area (TPSA) is 68.3 Å². The third-order valence-corrected chi connectivity index (χ3v) is 3.10. The van der Waals surface area contributed by atoms with Gasteiger partial charge in [0.05, 0.1) is 0 Å². The van der Waals surface area contributed by atoms with Crippen LogP contribution < -0.4 is 20.1 Å². The van der Waals surface area contributed by atoms with Crippen molar-refractivity contribution < 1.29 is 9.47 Å². The zero-order chi connectivity index (χ0) is 14.5. The molecule has 21 heavy (non-hydrogen) atoms. The summed E-state index contributed by atoms with van der Waals surface area (Å²) in [4.78, 5) is 8.63. The highest BCUT2D eigenvalue weighted by molar-refractivity contribution is 5.45. The number of hydrogen-bond acceptors (Lipinski definition) is 6. The number of fused-ring (bicyclic) bond motifs is 1. The highest BCUT2D eigenvalue weighted by Crippen LogP contribution is 2.32. The smallest absolute Gasteiger partial charge is 0.231 e. The van der Waals surface area contributed by atoms with Crippen molar-refractivity contribution in [1.82, 2.24) is 9.97 Å². The molecular weight excluding hydrogens is 268 g/mol. The predicted octanol–water partition coefficient (Wildman–Crippen LogP) is 2.64. The van der Waals surface area contributed by atoms with Crippen molar-refractivity contribution in [3.63, 3.8) is 0 Å². The largest absolute Gasteiger partial charge is 0.454 e. The lowest BCUT2D eigenvalue weighted by Crippen LogP contribution is -2.07. The summed E-state index contributed by atoms with van der Waals surface area (Å²) in [6.07, 6.45) is 2.80. The lowest BCUT2D eigenvalue weighted by Gasteiger charge is -2.08. The molecule has 2 aromatic rings. The molecule has 0 spiro atoms. The van der Waals surface area contributed by atoms with Gasteiger partial charge in [0.1, 0.15) is 5.82 Å². The Kier molecular flexibility index (Phi) is 4.04. The molecule has 1 aliphatic heterocycles. The van der Waals surface area contributed by atoms with Crippen LogP contribution in [0.5, 0.6) is 11.5 Å². The summed E-state index contributed by atoms with van der Waals surface area (Å²) in [6.45, 7) is 3.94. The van der Waals surface area contributed by atoms with Crippen molar-refractivity contribution in [2.75, 3.05) is 24.0 Å². The number of benzene rings is 1. The van der Waals surface area contributed by atoms with Gasteiger partial charge in [0.2, 0.25) is 12.7 Å². The maximum absolute atomic E-state index is 5.36. The van der Waals surface area contributed by atoms with E-state index in [2.05, 4.69) is 27.5 Å². The van der Waals surface area contributed by atoms with E-state index in [4.69, 9.17) is 9.47 Å². The van der Waals surface area contributed by atoms with E-state index < -0.39 is 0 Å². The first-order chi connectivity index (χ1) is 10.3. The summed E-state index contributed by atoms with van der Waals surface area (Å²) < 4.78 is 10.7. The van der Waals surface area contributed by atoms with Gasteiger partial charge in [0.25, 0.3) is 0 Å². The average Bonchev–Trinajstić information content (AvgIpc) is 2.99. The van der Waals surface area contributed by atoms with Crippen molar-refractivity contribution in [3.8, 4) is 11.5 Å². The molecule has 0 aliphatic carbocycles. The van der Waals surface area contributed by atoms with Crippen LogP contribution >= 0.6 is 0 Å². The third kappa shape index (κ3) is 3.34. The molecule has 6 heteroatoms. The van der Waals surface area contributed by atoms with Gasteiger partial charge in [-0.15, -0.1) is 0 Å². The van der Waals surface area contributed by atoms with Crippen LogP contribution in [0.15, 0.2) is 30.5 Å². The molecule has 1 aliphatic rings. The van der Waals surface area contributed by atoms with Gasteiger partial charge in [0.15, 0.2) is 11.5 Å². The van der Waals surface area contributed by atoms with E-state index in [0.29, 0.717) is 19.3 Å². The summed E-state index contributed by atoms with van der Waals surface area (Å²) in [5.41, 5.74) is 1.09. The molecule has 110 valence electrons. The van der Waals surface area contributed by atoms with Crippen LogP contribution in [0.3, 0.4) is 0 Å². The summed E-state index contributed by atoms with van der Waals surface area (Å²) in [5.74, 6) is 3.02. The van der Waals surface area contributed by atoms with Crippen molar-refractivity contribution in [2.24, 2.45) is 0 Å². The van der Waals surface area contributed by atoms with Crippen LogP contribution in [0.2, 0.25) is 0 Å². The van der Waals surface area contributed by atoms with E-state index in [9.17, 15) is 0 Å². The van der Waals surface area contributed by atoms with Crippen LogP contribution in [0.25, 0.3) is 0 Å². The lowest BCUT2D eigenvalue weighted by atomic mass is 10.2. The van der Waals surface area contributed by atoms with Gasteiger partial charge in [-0.2, -0.15) is 4.98 Å². The van der Waals surface area contributed by atoms with Crippen molar-refractivity contribution >= 4 is 11.8 Å². The first-order valence-electron chi connectivity index (χ1n) is 7.04. The minimum atomic E-state index is 0.292. The molecule has 1 aromatic heterocycles. The van der Waals surface area contributed by atoms with E-state index in [1.807, 2.05) is 24.3 Å². The number of nitrogens with one attached hydrogen (secondary N) is 2. The van der Waals surface area contributed by atoms with Crippen LogP contribution in [-0.4, -0.2) is 23.3 Å². The van der Waals surface area contributed by atoms with Gasteiger partial charge >= 0.3 is 0 Å². The molecule has 0 saturated carbocycles. The van der Waals surface area contributed by atoms with Gasteiger partial charge < -0.3 is 20.1 Å². The molecule has 1 aromatic carbocycles. The van der Waals surface area contributed by atoms with Gasteiger partial charge in [-0.1, -0.05) is 13.0 Å². The number of rotatable bonds is 6. The number of hydrogen-bond donors (Lipinski definition) is 2. The maximum atomic E-state index is 5.36. The minimum absolute atomic E-state index is 0.292. The molecular formula is C15H18N4O2. The normalized spacial score (nSPS) is 12.2.